The monoisotopic (exact) mass is 704 g/mol. The molecule has 50 heavy (non-hydrogen) atoms. The van der Waals surface area contributed by atoms with Crippen molar-refractivity contribution in [3.8, 4) is 0 Å². The summed E-state index contributed by atoms with van der Waals surface area (Å²) < 4.78 is 4.54. The maximum atomic E-state index is 13.5. The van der Waals surface area contributed by atoms with Gasteiger partial charge in [0.05, 0.1) is 18.6 Å². The number of methoxy groups -OCH3 is 1. The topological polar surface area (TPSA) is 247 Å². The summed E-state index contributed by atoms with van der Waals surface area (Å²) in [5.41, 5.74) is -0.00517. The van der Waals surface area contributed by atoms with Gasteiger partial charge in [0.15, 0.2) is 6.17 Å². The van der Waals surface area contributed by atoms with Gasteiger partial charge in [-0.1, -0.05) is 27.7 Å². The van der Waals surface area contributed by atoms with Gasteiger partial charge in [0.1, 0.15) is 24.7 Å². The summed E-state index contributed by atoms with van der Waals surface area (Å²) in [5, 5.41) is 26.4. The van der Waals surface area contributed by atoms with Gasteiger partial charge in [0.25, 0.3) is 11.6 Å². The van der Waals surface area contributed by atoms with Gasteiger partial charge in [-0.25, -0.2) is 0 Å². The zero-order chi connectivity index (χ0) is 37.5. The third-order valence-electron chi connectivity index (χ3n) is 7.65. The Hall–Kier alpha value is -5.29. The van der Waals surface area contributed by atoms with E-state index < -0.39 is 77.8 Å². The summed E-state index contributed by atoms with van der Waals surface area (Å²) in [7, 11) is 1.15. The van der Waals surface area contributed by atoms with Crippen LogP contribution in [0.25, 0.3) is 0 Å². The Morgan fingerprint density at radius 1 is 0.860 bits per heavy atom. The van der Waals surface area contributed by atoms with E-state index in [4.69, 9.17) is 0 Å². The van der Waals surface area contributed by atoms with Crippen LogP contribution in [0.1, 0.15) is 60.3 Å². The van der Waals surface area contributed by atoms with Crippen LogP contribution < -0.4 is 31.9 Å². The van der Waals surface area contributed by atoms with Crippen LogP contribution in [0, 0.1) is 22.0 Å². The SMILES string of the molecule is COC(=O)CNC(=O)[C@H](CC(C)C)NC(=O)[C@@H](NC(=O)CNC(=O)[C@H](CC(C)C)NC(=O)[C@@H]1CCCN1C(C)=O)Nc1ccc([N+](=O)[O-])cc1. The lowest BCUT2D eigenvalue weighted by molar-refractivity contribution is -0.384. The molecule has 0 unspecified atom stereocenters. The molecule has 0 aliphatic carbocycles. The predicted molar refractivity (Wildman–Crippen MR) is 180 cm³/mol. The van der Waals surface area contributed by atoms with Crippen LogP contribution in [0.2, 0.25) is 0 Å². The number of amides is 6. The molecule has 1 aromatic carbocycles. The number of likely N-dealkylation sites (tertiary alicyclic amines) is 1. The first kappa shape index (κ1) is 40.9. The molecule has 6 amide bonds. The van der Waals surface area contributed by atoms with Crippen molar-refractivity contribution in [3.05, 3.63) is 34.4 Å². The van der Waals surface area contributed by atoms with Gasteiger partial charge in [0, 0.05) is 31.3 Å². The number of hydrogen-bond donors (Lipinski definition) is 6. The van der Waals surface area contributed by atoms with E-state index in [0.29, 0.717) is 19.4 Å². The lowest BCUT2D eigenvalue weighted by Gasteiger charge is -2.26. The van der Waals surface area contributed by atoms with Gasteiger partial charge < -0.3 is 41.5 Å². The molecule has 2 rings (SSSR count). The molecule has 18 heteroatoms. The maximum Gasteiger partial charge on any atom is 0.325 e. The van der Waals surface area contributed by atoms with Crippen molar-refractivity contribution in [2.24, 2.45) is 11.8 Å². The van der Waals surface area contributed by atoms with Crippen LogP contribution in [-0.2, 0) is 38.3 Å². The van der Waals surface area contributed by atoms with Crippen molar-refractivity contribution < 1.29 is 43.2 Å². The zero-order valence-electron chi connectivity index (χ0n) is 29.2. The fraction of sp³-hybridized carbons (Fsp3) is 0.594. The molecule has 0 radical (unpaired) electrons. The molecular formula is C32H48N8O10. The Morgan fingerprint density at radius 2 is 1.42 bits per heavy atom. The molecule has 1 aliphatic heterocycles. The lowest BCUT2D eigenvalue weighted by Crippen LogP contribution is -2.58. The normalized spacial score (nSPS) is 15.7. The van der Waals surface area contributed by atoms with E-state index in [2.05, 4.69) is 36.6 Å². The number of nitro benzene ring substituents is 1. The highest BCUT2D eigenvalue weighted by molar-refractivity contribution is 5.96. The Morgan fingerprint density at radius 3 is 1.94 bits per heavy atom. The molecule has 0 bridgehead atoms. The minimum atomic E-state index is -1.53. The third kappa shape index (κ3) is 13.3. The van der Waals surface area contributed by atoms with Crippen molar-refractivity contribution in [1.82, 2.24) is 31.5 Å². The van der Waals surface area contributed by atoms with Gasteiger partial charge in [-0.05, 0) is 49.7 Å². The summed E-state index contributed by atoms with van der Waals surface area (Å²) in [6.07, 6.45) is -0.0116. The molecule has 6 N–H and O–H groups in total. The van der Waals surface area contributed by atoms with Crippen LogP contribution in [-0.4, -0.2) is 102 Å². The minimum Gasteiger partial charge on any atom is -0.468 e. The van der Waals surface area contributed by atoms with Gasteiger partial charge in [-0.15, -0.1) is 0 Å². The predicted octanol–water partition coefficient (Wildman–Crippen LogP) is -0.0729. The second-order valence-corrected chi connectivity index (χ2v) is 12.7. The molecule has 4 atom stereocenters. The minimum absolute atomic E-state index is 0.0186. The second kappa shape index (κ2) is 19.6. The van der Waals surface area contributed by atoms with Crippen molar-refractivity contribution in [1.29, 1.82) is 0 Å². The molecule has 1 aromatic rings. The van der Waals surface area contributed by atoms with Crippen molar-refractivity contribution in [3.63, 3.8) is 0 Å². The highest BCUT2D eigenvalue weighted by atomic mass is 16.6. The first-order valence-electron chi connectivity index (χ1n) is 16.3. The molecule has 0 saturated carbocycles. The van der Waals surface area contributed by atoms with Crippen molar-refractivity contribution in [2.75, 3.05) is 32.1 Å². The number of esters is 1. The van der Waals surface area contributed by atoms with Crippen molar-refractivity contribution >= 4 is 52.8 Å². The van der Waals surface area contributed by atoms with Crippen LogP contribution in [0.4, 0.5) is 11.4 Å². The van der Waals surface area contributed by atoms with Gasteiger partial charge in [0.2, 0.25) is 29.5 Å². The lowest BCUT2D eigenvalue weighted by atomic mass is 10.0. The molecule has 1 fully saturated rings. The summed E-state index contributed by atoms with van der Waals surface area (Å²) in [4.78, 5) is 101. The van der Waals surface area contributed by atoms with Crippen LogP contribution in [0.3, 0.4) is 0 Å². The second-order valence-electron chi connectivity index (χ2n) is 12.7. The number of rotatable bonds is 18. The number of hydrogen-bond acceptors (Lipinski definition) is 11. The Balaban J connectivity index is 2.19. The fourth-order valence-electron chi connectivity index (χ4n) is 5.22. The molecule has 1 heterocycles. The molecule has 1 saturated heterocycles. The Labute approximate surface area is 290 Å². The first-order valence-corrected chi connectivity index (χ1v) is 16.3. The third-order valence-corrected chi connectivity index (χ3v) is 7.65. The number of nitrogens with one attached hydrogen (secondary N) is 6. The number of carbonyl (C=O) groups is 7. The maximum absolute atomic E-state index is 13.5. The highest BCUT2D eigenvalue weighted by Gasteiger charge is 2.35. The van der Waals surface area contributed by atoms with E-state index in [0.717, 1.165) is 7.11 Å². The number of nitro groups is 1. The van der Waals surface area contributed by atoms with Crippen LogP contribution in [0.15, 0.2) is 24.3 Å². The van der Waals surface area contributed by atoms with Crippen LogP contribution in [0.5, 0.6) is 0 Å². The number of benzene rings is 1. The molecule has 0 aromatic heterocycles. The summed E-state index contributed by atoms with van der Waals surface area (Å²) >= 11 is 0. The standard InChI is InChI=1S/C32H48N8O10/c1-18(2)14-23(36-31(46)25-8-7-13-39(25)20(5)41)29(44)33-16-26(42)38-28(35-21-9-11-22(12-10-21)40(48)49)32(47)37-24(15-19(3)4)30(45)34-17-27(43)50-6/h9-12,18-19,23-25,28,35H,7-8,13-17H2,1-6H3,(H,33,44)(H,34,45)(H,36,46)(H,37,47)(H,38,42)/t23-,24-,25-,28+/m0/s1. The molecule has 18 nitrogen and oxygen atoms in total. The van der Waals surface area contributed by atoms with E-state index >= 15 is 0 Å². The van der Waals surface area contributed by atoms with Gasteiger partial charge in [-0.3, -0.25) is 43.7 Å². The van der Waals surface area contributed by atoms with E-state index in [1.807, 2.05) is 27.7 Å². The van der Waals surface area contributed by atoms with Crippen LogP contribution >= 0.6 is 0 Å². The highest BCUT2D eigenvalue weighted by Crippen LogP contribution is 2.19. The quantitative estimate of drug-likeness (QED) is 0.0511. The molecule has 0 spiro atoms. The molecular weight excluding hydrogens is 656 g/mol. The number of carbonyl (C=O) groups excluding carboxylic acids is 7. The number of anilines is 1. The first-order chi connectivity index (χ1) is 23.5. The summed E-state index contributed by atoms with van der Waals surface area (Å²) in [6, 6.07) is 2.17. The van der Waals surface area contributed by atoms with E-state index in [9.17, 15) is 43.7 Å². The van der Waals surface area contributed by atoms with Gasteiger partial charge in [-0.2, -0.15) is 0 Å². The summed E-state index contributed by atoms with van der Waals surface area (Å²) in [5.74, 6) is -4.53. The Bertz CT molecular complexity index is 1400. The van der Waals surface area contributed by atoms with E-state index in [1.165, 1.54) is 36.1 Å². The van der Waals surface area contributed by atoms with Crippen molar-refractivity contribution in [2.45, 2.75) is 84.6 Å². The van der Waals surface area contributed by atoms with E-state index in [-0.39, 0.29) is 42.0 Å². The number of non-ortho nitro benzene ring substituents is 1. The average Bonchev–Trinajstić information content (AvgIpc) is 3.55. The largest absolute Gasteiger partial charge is 0.468 e. The smallest absolute Gasteiger partial charge is 0.325 e. The van der Waals surface area contributed by atoms with E-state index in [1.54, 1.807) is 0 Å². The fourth-order valence-corrected chi connectivity index (χ4v) is 5.22. The molecule has 1 aliphatic rings. The number of nitrogens with zero attached hydrogens (tertiary/aromatic N) is 2. The van der Waals surface area contributed by atoms with Gasteiger partial charge >= 0.3 is 5.97 Å². The zero-order valence-corrected chi connectivity index (χ0v) is 29.2. The number of ether oxygens (including phenoxy) is 1. The Kier molecular flexibility index (Phi) is 16.1. The molecule has 276 valence electrons. The average molecular weight is 705 g/mol. The summed E-state index contributed by atoms with van der Waals surface area (Å²) in [6.45, 7) is 8.10.